The lowest BCUT2D eigenvalue weighted by Crippen LogP contribution is -2.49. The molecule has 3 unspecified atom stereocenters. The van der Waals surface area contributed by atoms with Crippen molar-refractivity contribution < 1.29 is 5.11 Å². The van der Waals surface area contributed by atoms with Gasteiger partial charge in [0.25, 0.3) is 0 Å². The van der Waals surface area contributed by atoms with E-state index in [1.54, 1.807) is 0 Å². The highest BCUT2D eigenvalue weighted by Gasteiger charge is 2.26. The summed E-state index contributed by atoms with van der Waals surface area (Å²) in [5, 5.41) is 13.4. The first-order valence-corrected chi connectivity index (χ1v) is 6.39. The molecule has 2 saturated heterocycles. The van der Waals surface area contributed by atoms with Crippen molar-refractivity contribution in [2.45, 2.75) is 44.8 Å². The Bertz CT molecular complexity index is 192. The van der Waals surface area contributed by atoms with Crippen molar-refractivity contribution in [2.24, 2.45) is 5.92 Å². The summed E-state index contributed by atoms with van der Waals surface area (Å²) in [5.41, 5.74) is 0. The zero-order valence-electron chi connectivity index (χ0n) is 9.78. The zero-order chi connectivity index (χ0) is 10.7. The van der Waals surface area contributed by atoms with Crippen LogP contribution in [-0.2, 0) is 0 Å². The van der Waals surface area contributed by atoms with Crippen molar-refractivity contribution in [2.75, 3.05) is 26.2 Å². The third-order valence-electron chi connectivity index (χ3n) is 3.89. The summed E-state index contributed by atoms with van der Waals surface area (Å²) in [6.45, 7) is 6.50. The summed E-state index contributed by atoms with van der Waals surface area (Å²) < 4.78 is 0. The fraction of sp³-hybridized carbons (Fsp3) is 1.00. The fourth-order valence-corrected chi connectivity index (χ4v) is 2.67. The number of aliphatic hydroxyl groups is 1. The van der Waals surface area contributed by atoms with E-state index in [1.165, 1.54) is 25.8 Å². The largest absolute Gasteiger partial charge is 0.392 e. The fourth-order valence-electron chi connectivity index (χ4n) is 2.67. The van der Waals surface area contributed by atoms with Gasteiger partial charge in [-0.2, -0.15) is 0 Å². The van der Waals surface area contributed by atoms with E-state index in [-0.39, 0.29) is 6.10 Å². The van der Waals surface area contributed by atoms with Gasteiger partial charge in [-0.05, 0) is 38.3 Å². The summed E-state index contributed by atoms with van der Waals surface area (Å²) in [7, 11) is 0. The van der Waals surface area contributed by atoms with E-state index in [0.29, 0.717) is 12.0 Å². The minimum Gasteiger partial charge on any atom is -0.392 e. The molecule has 3 nitrogen and oxygen atoms in total. The Labute approximate surface area is 92.8 Å². The number of aliphatic hydroxyl groups excluding tert-OH is 1. The Hall–Kier alpha value is -0.120. The number of likely N-dealkylation sites (tertiary alicyclic amines) is 1. The Kier molecular flexibility index (Phi) is 4.00. The summed E-state index contributed by atoms with van der Waals surface area (Å²) in [6, 6.07) is 0.666. The summed E-state index contributed by atoms with van der Waals surface area (Å²) in [4.78, 5) is 2.42. The highest BCUT2D eigenvalue weighted by molar-refractivity contribution is 4.82. The highest BCUT2D eigenvalue weighted by Crippen LogP contribution is 2.18. The molecule has 0 aromatic heterocycles. The van der Waals surface area contributed by atoms with Crippen LogP contribution in [0.2, 0.25) is 0 Å². The number of nitrogens with zero attached hydrogens (tertiary/aromatic N) is 1. The molecule has 2 aliphatic rings. The van der Waals surface area contributed by atoms with Gasteiger partial charge in [0, 0.05) is 19.1 Å². The second-order valence-corrected chi connectivity index (χ2v) is 5.24. The lowest BCUT2D eigenvalue weighted by atomic mass is 9.95. The lowest BCUT2D eigenvalue weighted by molar-refractivity contribution is 0.0243. The molecular formula is C12H24N2O. The molecule has 3 atom stereocenters. The van der Waals surface area contributed by atoms with Gasteiger partial charge in [0.1, 0.15) is 0 Å². The number of β-amino-alcohol motifs (C(OH)–C–C–N with tert-alkyl or cyclic N) is 1. The van der Waals surface area contributed by atoms with Crippen LogP contribution in [0.15, 0.2) is 0 Å². The van der Waals surface area contributed by atoms with Crippen LogP contribution in [0.1, 0.15) is 32.6 Å². The van der Waals surface area contributed by atoms with Gasteiger partial charge in [-0.1, -0.05) is 13.3 Å². The molecule has 88 valence electrons. The minimum atomic E-state index is -0.109. The summed E-state index contributed by atoms with van der Waals surface area (Å²) in [5.74, 6) is 0.487. The van der Waals surface area contributed by atoms with Crippen molar-refractivity contribution in [3.05, 3.63) is 0 Å². The van der Waals surface area contributed by atoms with Crippen molar-refractivity contribution in [1.29, 1.82) is 0 Å². The quantitative estimate of drug-likeness (QED) is 0.712. The smallest absolute Gasteiger partial charge is 0.0693 e. The molecule has 3 heteroatoms. The molecule has 2 N–H and O–H groups in total. The Morgan fingerprint density at radius 2 is 2.20 bits per heavy atom. The van der Waals surface area contributed by atoms with Gasteiger partial charge in [-0.15, -0.1) is 0 Å². The van der Waals surface area contributed by atoms with Crippen LogP contribution >= 0.6 is 0 Å². The standard InChI is InChI=1S/C12H24N2O/c1-10-5-7-14(9-12(10)15)8-11-4-2-3-6-13-11/h10-13,15H,2-9H2,1H3. The topological polar surface area (TPSA) is 35.5 Å². The third-order valence-corrected chi connectivity index (χ3v) is 3.89. The maximum Gasteiger partial charge on any atom is 0.0693 e. The molecule has 0 saturated carbocycles. The van der Waals surface area contributed by atoms with Crippen LogP contribution in [0.3, 0.4) is 0 Å². The number of hydrogen-bond donors (Lipinski definition) is 2. The van der Waals surface area contributed by atoms with E-state index in [9.17, 15) is 5.11 Å². The zero-order valence-corrected chi connectivity index (χ0v) is 9.78. The van der Waals surface area contributed by atoms with E-state index in [1.807, 2.05) is 0 Å². The van der Waals surface area contributed by atoms with Gasteiger partial charge < -0.3 is 10.4 Å². The molecule has 0 aromatic carbocycles. The maximum absolute atomic E-state index is 9.82. The predicted octanol–water partition coefficient (Wildman–Crippen LogP) is 0.831. The number of rotatable bonds is 2. The van der Waals surface area contributed by atoms with Crippen LogP contribution in [0.25, 0.3) is 0 Å². The van der Waals surface area contributed by atoms with Crippen molar-refractivity contribution in [3.8, 4) is 0 Å². The first-order chi connectivity index (χ1) is 7.25. The van der Waals surface area contributed by atoms with Crippen LogP contribution in [0, 0.1) is 5.92 Å². The molecule has 2 fully saturated rings. The molecule has 0 spiro atoms. The van der Waals surface area contributed by atoms with E-state index in [4.69, 9.17) is 0 Å². The van der Waals surface area contributed by atoms with Crippen molar-refractivity contribution in [1.82, 2.24) is 10.2 Å². The van der Waals surface area contributed by atoms with Gasteiger partial charge >= 0.3 is 0 Å². The average molecular weight is 212 g/mol. The first kappa shape index (κ1) is 11.4. The van der Waals surface area contributed by atoms with E-state index in [0.717, 1.165) is 26.1 Å². The molecule has 0 amide bonds. The number of piperidine rings is 2. The molecule has 2 rings (SSSR count). The third kappa shape index (κ3) is 3.16. The van der Waals surface area contributed by atoms with Gasteiger partial charge in [0.2, 0.25) is 0 Å². The number of hydrogen-bond acceptors (Lipinski definition) is 3. The summed E-state index contributed by atoms with van der Waals surface area (Å²) >= 11 is 0. The Balaban J connectivity index is 1.74. The molecular weight excluding hydrogens is 188 g/mol. The average Bonchev–Trinajstić information content (AvgIpc) is 2.25. The first-order valence-electron chi connectivity index (χ1n) is 6.39. The molecule has 2 aliphatic heterocycles. The van der Waals surface area contributed by atoms with Gasteiger partial charge in [0.15, 0.2) is 0 Å². The Morgan fingerprint density at radius 1 is 1.33 bits per heavy atom. The highest BCUT2D eigenvalue weighted by atomic mass is 16.3. The molecule has 0 aromatic rings. The predicted molar refractivity (Wildman–Crippen MR) is 61.9 cm³/mol. The lowest BCUT2D eigenvalue weighted by Gasteiger charge is -2.37. The number of nitrogens with one attached hydrogen (secondary N) is 1. The Morgan fingerprint density at radius 3 is 2.87 bits per heavy atom. The monoisotopic (exact) mass is 212 g/mol. The maximum atomic E-state index is 9.82. The molecule has 0 bridgehead atoms. The van der Waals surface area contributed by atoms with Crippen LogP contribution in [-0.4, -0.2) is 48.3 Å². The summed E-state index contributed by atoms with van der Waals surface area (Å²) in [6.07, 6.45) is 5.04. The van der Waals surface area contributed by atoms with Crippen LogP contribution in [0.4, 0.5) is 0 Å². The van der Waals surface area contributed by atoms with Crippen LogP contribution in [0.5, 0.6) is 0 Å². The molecule has 2 heterocycles. The second-order valence-electron chi connectivity index (χ2n) is 5.24. The van der Waals surface area contributed by atoms with Crippen LogP contribution < -0.4 is 5.32 Å². The SMILES string of the molecule is CC1CCN(CC2CCCCN2)CC1O. The van der Waals surface area contributed by atoms with Crippen molar-refractivity contribution in [3.63, 3.8) is 0 Å². The van der Waals surface area contributed by atoms with Gasteiger partial charge in [-0.25, -0.2) is 0 Å². The minimum absolute atomic E-state index is 0.109. The van der Waals surface area contributed by atoms with Crippen molar-refractivity contribution >= 4 is 0 Å². The molecule has 15 heavy (non-hydrogen) atoms. The van der Waals surface area contributed by atoms with E-state index >= 15 is 0 Å². The van der Waals surface area contributed by atoms with E-state index in [2.05, 4.69) is 17.1 Å². The molecule has 0 radical (unpaired) electrons. The van der Waals surface area contributed by atoms with Gasteiger partial charge in [0.05, 0.1) is 6.10 Å². The van der Waals surface area contributed by atoms with E-state index < -0.39 is 0 Å². The normalized spacial score (nSPS) is 39.2. The molecule has 0 aliphatic carbocycles. The van der Waals surface area contributed by atoms with Gasteiger partial charge in [-0.3, -0.25) is 4.90 Å². The second kappa shape index (κ2) is 5.28.